The Morgan fingerprint density at radius 3 is 2.68 bits per heavy atom. The summed E-state index contributed by atoms with van der Waals surface area (Å²) < 4.78 is 11.4. The van der Waals surface area contributed by atoms with Gasteiger partial charge >= 0.3 is 6.03 Å². The molecule has 1 aromatic heterocycles. The molecule has 2 atom stereocenters. The highest BCUT2D eigenvalue weighted by Crippen LogP contribution is 2.24. The lowest BCUT2D eigenvalue weighted by Gasteiger charge is -2.32. The monoisotopic (exact) mass is 424 g/mol. The molecule has 8 heteroatoms. The maximum atomic E-state index is 13.2. The molecular weight excluding hydrogens is 396 g/mol. The number of ether oxygens (including phenoxy) is 2. The molecule has 0 radical (unpaired) electrons. The van der Waals surface area contributed by atoms with E-state index in [9.17, 15) is 9.59 Å². The van der Waals surface area contributed by atoms with E-state index in [0.717, 1.165) is 12.0 Å². The number of nitrogens with one attached hydrogen (secondary N) is 1. The van der Waals surface area contributed by atoms with E-state index in [0.29, 0.717) is 51.6 Å². The van der Waals surface area contributed by atoms with Crippen LogP contribution in [-0.2, 0) is 16.0 Å². The Morgan fingerprint density at radius 2 is 1.94 bits per heavy atom. The maximum absolute atomic E-state index is 13.2. The molecule has 2 aliphatic rings. The molecule has 0 aliphatic carbocycles. The summed E-state index contributed by atoms with van der Waals surface area (Å²) in [5.41, 5.74) is 1.16. The zero-order valence-electron chi connectivity index (χ0n) is 17.5. The molecule has 2 aromatic rings. The SMILES string of the molecule is O=C([C@@H]1C[C@H](Oc2cccnc2)CN1C(=O)NCCc1ccccc1)N1CCOCC1. The molecule has 0 unspecified atom stereocenters. The van der Waals surface area contributed by atoms with E-state index in [1.54, 1.807) is 28.3 Å². The number of hydrogen-bond acceptors (Lipinski definition) is 5. The molecule has 0 spiro atoms. The van der Waals surface area contributed by atoms with Gasteiger partial charge in [0.2, 0.25) is 5.91 Å². The van der Waals surface area contributed by atoms with Crippen LogP contribution in [-0.4, -0.2) is 78.3 Å². The molecule has 2 aliphatic heterocycles. The van der Waals surface area contributed by atoms with Crippen LogP contribution in [0.25, 0.3) is 0 Å². The van der Waals surface area contributed by atoms with E-state index < -0.39 is 6.04 Å². The number of rotatable bonds is 6. The van der Waals surface area contributed by atoms with Crippen LogP contribution in [0.15, 0.2) is 54.9 Å². The number of likely N-dealkylation sites (tertiary alicyclic amines) is 1. The van der Waals surface area contributed by atoms with Gasteiger partial charge in [-0.25, -0.2) is 4.79 Å². The van der Waals surface area contributed by atoms with Crippen LogP contribution in [0.5, 0.6) is 5.75 Å². The number of carbonyl (C=O) groups excluding carboxylic acids is 2. The van der Waals surface area contributed by atoms with Gasteiger partial charge in [0.1, 0.15) is 17.9 Å². The van der Waals surface area contributed by atoms with Crippen molar-refractivity contribution in [3.8, 4) is 5.75 Å². The highest BCUT2D eigenvalue weighted by atomic mass is 16.5. The van der Waals surface area contributed by atoms with Crippen molar-refractivity contribution in [3.05, 3.63) is 60.4 Å². The smallest absolute Gasteiger partial charge is 0.318 e. The van der Waals surface area contributed by atoms with Crippen LogP contribution in [0.3, 0.4) is 0 Å². The molecule has 3 heterocycles. The average Bonchev–Trinajstić information content (AvgIpc) is 3.24. The maximum Gasteiger partial charge on any atom is 0.318 e. The number of pyridine rings is 1. The summed E-state index contributed by atoms with van der Waals surface area (Å²) in [6.07, 6.45) is 4.24. The van der Waals surface area contributed by atoms with Crippen LogP contribution >= 0.6 is 0 Å². The molecular formula is C23H28N4O4. The Hall–Kier alpha value is -3.13. The predicted octanol–water partition coefficient (Wildman–Crippen LogP) is 1.71. The van der Waals surface area contributed by atoms with Crippen LogP contribution in [0.1, 0.15) is 12.0 Å². The van der Waals surface area contributed by atoms with Gasteiger partial charge in [0, 0.05) is 32.3 Å². The Kier molecular flexibility index (Phi) is 6.99. The molecule has 1 N–H and O–H groups in total. The second kappa shape index (κ2) is 10.3. The number of urea groups is 1. The minimum Gasteiger partial charge on any atom is -0.487 e. The largest absolute Gasteiger partial charge is 0.487 e. The number of nitrogens with zero attached hydrogens (tertiary/aromatic N) is 3. The summed E-state index contributed by atoms with van der Waals surface area (Å²) in [5.74, 6) is 0.593. The number of aromatic nitrogens is 1. The lowest BCUT2D eigenvalue weighted by molar-refractivity contribution is -0.139. The van der Waals surface area contributed by atoms with Gasteiger partial charge in [-0.1, -0.05) is 30.3 Å². The lowest BCUT2D eigenvalue weighted by Crippen LogP contribution is -2.53. The van der Waals surface area contributed by atoms with Crippen LogP contribution in [0.2, 0.25) is 0 Å². The topological polar surface area (TPSA) is 84.0 Å². The Labute approximate surface area is 182 Å². The van der Waals surface area contributed by atoms with E-state index in [4.69, 9.17) is 9.47 Å². The van der Waals surface area contributed by atoms with Gasteiger partial charge in [-0.05, 0) is 24.1 Å². The number of carbonyl (C=O) groups is 2. The average molecular weight is 425 g/mol. The van der Waals surface area contributed by atoms with Gasteiger partial charge in [0.15, 0.2) is 0 Å². The van der Waals surface area contributed by atoms with Gasteiger partial charge in [0.25, 0.3) is 0 Å². The third-order valence-corrected chi connectivity index (χ3v) is 5.60. The molecule has 0 saturated carbocycles. The Balaban J connectivity index is 1.40. The molecule has 3 amide bonds. The van der Waals surface area contributed by atoms with Crippen molar-refractivity contribution in [1.82, 2.24) is 20.1 Å². The molecule has 31 heavy (non-hydrogen) atoms. The van der Waals surface area contributed by atoms with Gasteiger partial charge in [-0.15, -0.1) is 0 Å². The third-order valence-electron chi connectivity index (χ3n) is 5.60. The van der Waals surface area contributed by atoms with E-state index in [1.807, 2.05) is 36.4 Å². The molecule has 2 saturated heterocycles. The highest BCUT2D eigenvalue weighted by Gasteiger charge is 2.42. The summed E-state index contributed by atoms with van der Waals surface area (Å²) in [5, 5.41) is 2.97. The second-order valence-electron chi connectivity index (χ2n) is 7.74. The molecule has 164 valence electrons. The van der Waals surface area contributed by atoms with Crippen molar-refractivity contribution in [2.45, 2.75) is 25.0 Å². The molecule has 0 bridgehead atoms. The zero-order valence-corrected chi connectivity index (χ0v) is 17.5. The summed E-state index contributed by atoms with van der Waals surface area (Å²) in [6.45, 7) is 3.01. The quantitative estimate of drug-likeness (QED) is 0.763. The van der Waals surface area contributed by atoms with Gasteiger partial charge in [-0.3, -0.25) is 9.78 Å². The fourth-order valence-electron chi connectivity index (χ4n) is 4.01. The van der Waals surface area contributed by atoms with Crippen molar-refractivity contribution in [1.29, 1.82) is 0 Å². The third kappa shape index (κ3) is 5.52. The minimum absolute atomic E-state index is 0.0428. The number of benzene rings is 1. The van der Waals surface area contributed by atoms with Crippen molar-refractivity contribution in [2.24, 2.45) is 0 Å². The Bertz CT molecular complexity index is 858. The first-order valence-electron chi connectivity index (χ1n) is 10.7. The standard InChI is InChI=1S/C23H28N4O4/c28-22(26-11-13-30-14-12-26)21-15-20(31-19-7-4-9-24-16-19)17-27(21)23(29)25-10-8-18-5-2-1-3-6-18/h1-7,9,16,20-21H,8,10-15,17H2,(H,25,29)/t20-,21-/m0/s1. The van der Waals surface area contributed by atoms with Gasteiger partial charge < -0.3 is 24.6 Å². The number of amides is 3. The second-order valence-corrected chi connectivity index (χ2v) is 7.74. The van der Waals surface area contributed by atoms with Crippen molar-refractivity contribution in [2.75, 3.05) is 39.4 Å². The van der Waals surface area contributed by atoms with E-state index in [-0.39, 0.29) is 18.0 Å². The summed E-state index contributed by atoms with van der Waals surface area (Å²) >= 11 is 0. The molecule has 4 rings (SSSR count). The van der Waals surface area contributed by atoms with Crippen molar-refractivity contribution in [3.63, 3.8) is 0 Å². The van der Waals surface area contributed by atoms with Crippen LogP contribution in [0.4, 0.5) is 4.79 Å². The number of morpholine rings is 1. The van der Waals surface area contributed by atoms with E-state index in [2.05, 4.69) is 10.3 Å². The summed E-state index contributed by atoms with van der Waals surface area (Å²) in [4.78, 5) is 33.6. The number of hydrogen-bond donors (Lipinski definition) is 1. The van der Waals surface area contributed by atoms with Crippen molar-refractivity contribution < 1.29 is 19.1 Å². The predicted molar refractivity (Wildman–Crippen MR) is 115 cm³/mol. The van der Waals surface area contributed by atoms with E-state index in [1.165, 1.54) is 0 Å². The molecule has 2 fully saturated rings. The van der Waals surface area contributed by atoms with Crippen LogP contribution in [0, 0.1) is 0 Å². The normalized spacial score (nSPS) is 21.0. The van der Waals surface area contributed by atoms with Crippen LogP contribution < -0.4 is 10.1 Å². The van der Waals surface area contributed by atoms with Gasteiger partial charge in [0.05, 0.1) is 26.0 Å². The lowest BCUT2D eigenvalue weighted by atomic mass is 10.1. The highest BCUT2D eigenvalue weighted by molar-refractivity contribution is 5.88. The zero-order chi connectivity index (χ0) is 21.5. The Morgan fingerprint density at radius 1 is 1.13 bits per heavy atom. The molecule has 1 aromatic carbocycles. The summed E-state index contributed by atoms with van der Waals surface area (Å²) in [7, 11) is 0. The molecule has 8 nitrogen and oxygen atoms in total. The van der Waals surface area contributed by atoms with Gasteiger partial charge in [-0.2, -0.15) is 0 Å². The first-order valence-corrected chi connectivity index (χ1v) is 10.7. The fourth-order valence-corrected chi connectivity index (χ4v) is 4.01. The van der Waals surface area contributed by atoms with Crippen molar-refractivity contribution >= 4 is 11.9 Å². The minimum atomic E-state index is -0.545. The summed E-state index contributed by atoms with van der Waals surface area (Å²) in [6, 6.07) is 12.8. The fraction of sp³-hybridized carbons (Fsp3) is 0.435. The first-order chi connectivity index (χ1) is 15.2. The first kappa shape index (κ1) is 21.1. The van der Waals surface area contributed by atoms with E-state index >= 15 is 0 Å².